The Morgan fingerprint density at radius 3 is 2.52 bits per heavy atom. The molecular formula is C16H13Cl2FO2. The molecule has 0 heterocycles. The minimum atomic E-state index is -0.786. The standard InChI is InChI=1S/C16H13Cl2FO2/c1-9-3-5-12(8-15(9)19)21-10(2)16(20)13-6-4-11(17)7-14(13)18/h3-8,10H,1-2H3. The van der Waals surface area contributed by atoms with E-state index in [0.717, 1.165) is 0 Å². The van der Waals surface area contributed by atoms with Crippen LogP contribution in [0.3, 0.4) is 0 Å². The second-order valence-corrected chi connectivity index (χ2v) is 5.50. The van der Waals surface area contributed by atoms with Gasteiger partial charge in [0.15, 0.2) is 6.10 Å². The molecule has 2 aromatic carbocycles. The summed E-state index contributed by atoms with van der Waals surface area (Å²) >= 11 is 11.8. The molecule has 0 aromatic heterocycles. The van der Waals surface area contributed by atoms with E-state index < -0.39 is 6.10 Å². The minimum Gasteiger partial charge on any atom is -0.482 e. The zero-order valence-electron chi connectivity index (χ0n) is 11.5. The third-order valence-corrected chi connectivity index (χ3v) is 3.57. The summed E-state index contributed by atoms with van der Waals surface area (Å²) in [7, 11) is 0. The van der Waals surface area contributed by atoms with Crippen molar-refractivity contribution in [1.82, 2.24) is 0 Å². The molecule has 0 bridgehead atoms. The molecule has 0 spiro atoms. The van der Waals surface area contributed by atoms with Crippen molar-refractivity contribution in [2.24, 2.45) is 0 Å². The van der Waals surface area contributed by atoms with Crippen LogP contribution in [-0.4, -0.2) is 11.9 Å². The molecule has 5 heteroatoms. The number of rotatable bonds is 4. The second-order valence-electron chi connectivity index (χ2n) is 4.66. The van der Waals surface area contributed by atoms with E-state index in [1.165, 1.54) is 12.1 Å². The predicted molar refractivity (Wildman–Crippen MR) is 82.0 cm³/mol. The molecule has 1 unspecified atom stereocenters. The fraction of sp³-hybridized carbons (Fsp3) is 0.188. The molecular weight excluding hydrogens is 314 g/mol. The highest BCUT2D eigenvalue weighted by Gasteiger charge is 2.20. The highest BCUT2D eigenvalue weighted by Crippen LogP contribution is 2.24. The number of aryl methyl sites for hydroxylation is 1. The summed E-state index contributed by atoms with van der Waals surface area (Å²) in [5, 5.41) is 0.712. The van der Waals surface area contributed by atoms with Crippen molar-refractivity contribution < 1.29 is 13.9 Å². The molecule has 0 saturated heterocycles. The third kappa shape index (κ3) is 3.74. The molecule has 0 aliphatic rings. The Labute approximate surface area is 132 Å². The van der Waals surface area contributed by atoms with Gasteiger partial charge in [-0.2, -0.15) is 0 Å². The molecule has 0 aliphatic carbocycles. The summed E-state index contributed by atoms with van der Waals surface area (Å²) < 4.78 is 18.9. The largest absolute Gasteiger partial charge is 0.482 e. The molecule has 21 heavy (non-hydrogen) atoms. The van der Waals surface area contributed by atoms with E-state index in [0.29, 0.717) is 21.9 Å². The number of hydrogen-bond acceptors (Lipinski definition) is 2. The Hall–Kier alpha value is -1.58. The SMILES string of the molecule is Cc1ccc(OC(C)C(=O)c2ccc(Cl)cc2Cl)cc1F. The van der Waals surface area contributed by atoms with Gasteiger partial charge in [-0.05, 0) is 43.7 Å². The summed E-state index contributed by atoms with van der Waals surface area (Å²) in [4.78, 5) is 12.3. The van der Waals surface area contributed by atoms with Crippen LogP contribution in [0, 0.1) is 12.7 Å². The Balaban J connectivity index is 2.17. The van der Waals surface area contributed by atoms with Crippen LogP contribution in [0.1, 0.15) is 22.8 Å². The lowest BCUT2D eigenvalue weighted by molar-refractivity contribution is 0.0817. The molecule has 0 aliphatic heterocycles. The van der Waals surface area contributed by atoms with Crippen LogP contribution in [0.4, 0.5) is 4.39 Å². The normalized spacial score (nSPS) is 12.0. The van der Waals surface area contributed by atoms with Gasteiger partial charge in [0.1, 0.15) is 11.6 Å². The molecule has 2 rings (SSSR count). The summed E-state index contributed by atoms with van der Waals surface area (Å²) in [5.41, 5.74) is 0.836. The van der Waals surface area contributed by atoms with Gasteiger partial charge in [-0.1, -0.05) is 29.3 Å². The first-order chi connectivity index (χ1) is 9.88. The lowest BCUT2D eigenvalue weighted by Gasteiger charge is -2.15. The Kier molecular flexibility index (Phi) is 4.86. The number of carbonyl (C=O) groups is 1. The van der Waals surface area contributed by atoms with Gasteiger partial charge in [0.2, 0.25) is 5.78 Å². The van der Waals surface area contributed by atoms with E-state index in [4.69, 9.17) is 27.9 Å². The van der Waals surface area contributed by atoms with Crippen molar-refractivity contribution in [3.05, 3.63) is 63.4 Å². The monoisotopic (exact) mass is 326 g/mol. The van der Waals surface area contributed by atoms with Gasteiger partial charge in [0.05, 0.1) is 5.02 Å². The van der Waals surface area contributed by atoms with Gasteiger partial charge in [-0.15, -0.1) is 0 Å². The Bertz CT molecular complexity index is 686. The van der Waals surface area contributed by atoms with E-state index in [1.807, 2.05) is 0 Å². The quantitative estimate of drug-likeness (QED) is 0.731. The molecule has 0 amide bonds. The molecule has 1 atom stereocenters. The number of hydrogen-bond donors (Lipinski definition) is 0. The molecule has 0 N–H and O–H groups in total. The number of Topliss-reactive ketones (excluding diaryl/α,β-unsaturated/α-hetero) is 1. The smallest absolute Gasteiger partial charge is 0.204 e. The first-order valence-electron chi connectivity index (χ1n) is 6.30. The fourth-order valence-electron chi connectivity index (χ4n) is 1.81. The van der Waals surface area contributed by atoms with Crippen molar-refractivity contribution in [3.8, 4) is 5.75 Å². The zero-order chi connectivity index (χ0) is 15.6. The summed E-state index contributed by atoms with van der Waals surface area (Å²) in [6.07, 6.45) is -0.786. The van der Waals surface area contributed by atoms with Gasteiger partial charge >= 0.3 is 0 Å². The van der Waals surface area contributed by atoms with E-state index >= 15 is 0 Å². The van der Waals surface area contributed by atoms with E-state index in [1.54, 1.807) is 38.1 Å². The van der Waals surface area contributed by atoms with Crippen LogP contribution in [-0.2, 0) is 0 Å². The van der Waals surface area contributed by atoms with Crippen LogP contribution in [0.2, 0.25) is 10.0 Å². The third-order valence-electron chi connectivity index (χ3n) is 3.02. The molecule has 0 saturated carbocycles. The summed E-state index contributed by atoms with van der Waals surface area (Å²) in [6, 6.07) is 9.08. The van der Waals surface area contributed by atoms with Gasteiger partial charge < -0.3 is 4.74 Å². The van der Waals surface area contributed by atoms with Crippen LogP contribution < -0.4 is 4.74 Å². The highest BCUT2D eigenvalue weighted by atomic mass is 35.5. The number of ether oxygens (including phenoxy) is 1. The van der Waals surface area contributed by atoms with Crippen molar-refractivity contribution in [2.75, 3.05) is 0 Å². The van der Waals surface area contributed by atoms with Crippen molar-refractivity contribution in [2.45, 2.75) is 20.0 Å². The van der Waals surface area contributed by atoms with Gasteiger partial charge in [-0.3, -0.25) is 4.79 Å². The molecule has 2 aromatic rings. The first kappa shape index (κ1) is 15.8. The Morgan fingerprint density at radius 2 is 1.90 bits per heavy atom. The fourth-order valence-corrected chi connectivity index (χ4v) is 2.31. The van der Waals surface area contributed by atoms with Gasteiger partial charge in [0, 0.05) is 16.7 Å². The highest BCUT2D eigenvalue weighted by molar-refractivity contribution is 6.37. The maximum absolute atomic E-state index is 13.5. The Morgan fingerprint density at radius 1 is 1.19 bits per heavy atom. The first-order valence-corrected chi connectivity index (χ1v) is 7.06. The van der Waals surface area contributed by atoms with Crippen molar-refractivity contribution in [1.29, 1.82) is 0 Å². The average Bonchev–Trinajstić information content (AvgIpc) is 2.42. The topological polar surface area (TPSA) is 26.3 Å². The molecule has 0 fully saturated rings. The number of carbonyl (C=O) groups excluding carboxylic acids is 1. The maximum Gasteiger partial charge on any atom is 0.204 e. The molecule has 2 nitrogen and oxygen atoms in total. The lowest BCUT2D eigenvalue weighted by Crippen LogP contribution is -2.24. The van der Waals surface area contributed by atoms with Crippen LogP contribution in [0.15, 0.2) is 36.4 Å². The average molecular weight is 327 g/mol. The van der Waals surface area contributed by atoms with E-state index in [9.17, 15) is 9.18 Å². The van der Waals surface area contributed by atoms with E-state index in [2.05, 4.69) is 0 Å². The molecule has 110 valence electrons. The van der Waals surface area contributed by atoms with Gasteiger partial charge in [0.25, 0.3) is 0 Å². The van der Waals surface area contributed by atoms with Crippen molar-refractivity contribution in [3.63, 3.8) is 0 Å². The van der Waals surface area contributed by atoms with Crippen LogP contribution >= 0.6 is 23.2 Å². The van der Waals surface area contributed by atoms with Crippen LogP contribution in [0.25, 0.3) is 0 Å². The lowest BCUT2D eigenvalue weighted by atomic mass is 10.1. The number of ketones is 1. The van der Waals surface area contributed by atoms with E-state index in [-0.39, 0.29) is 16.6 Å². The summed E-state index contributed by atoms with van der Waals surface area (Å²) in [6.45, 7) is 3.24. The number of benzene rings is 2. The summed E-state index contributed by atoms with van der Waals surface area (Å²) in [5.74, 6) is -0.377. The number of halogens is 3. The molecule has 0 radical (unpaired) electrons. The van der Waals surface area contributed by atoms with Crippen molar-refractivity contribution >= 4 is 29.0 Å². The minimum absolute atomic E-state index is 0.262. The van der Waals surface area contributed by atoms with Gasteiger partial charge in [-0.25, -0.2) is 4.39 Å². The second kappa shape index (κ2) is 6.46. The maximum atomic E-state index is 13.5. The predicted octanol–water partition coefficient (Wildman–Crippen LogP) is 5.09. The van der Waals surface area contributed by atoms with Crippen LogP contribution in [0.5, 0.6) is 5.75 Å². The zero-order valence-corrected chi connectivity index (χ0v) is 13.0.